The van der Waals surface area contributed by atoms with Crippen LogP contribution in [-0.4, -0.2) is 27.8 Å². The summed E-state index contributed by atoms with van der Waals surface area (Å²) >= 11 is 0. The number of aromatic nitrogens is 1. The Balaban J connectivity index is 1.81. The Morgan fingerprint density at radius 1 is 1.00 bits per heavy atom. The van der Waals surface area contributed by atoms with Crippen LogP contribution in [0.3, 0.4) is 0 Å². The normalized spacial score (nSPS) is 10.9. The first-order valence-electron chi connectivity index (χ1n) is 8.39. The molecule has 1 aromatic heterocycles. The number of hydrogen-bond donors (Lipinski definition) is 2. The maximum absolute atomic E-state index is 12.5. The number of aryl methyl sites for hydroxylation is 1. The van der Waals surface area contributed by atoms with E-state index in [-0.39, 0.29) is 11.5 Å². The van der Waals surface area contributed by atoms with Crippen molar-refractivity contribution < 1.29 is 14.7 Å². The van der Waals surface area contributed by atoms with Gasteiger partial charge in [0.2, 0.25) is 0 Å². The first kappa shape index (κ1) is 18.1. The van der Waals surface area contributed by atoms with Gasteiger partial charge in [-0.15, -0.1) is 0 Å². The predicted octanol–water partition coefficient (Wildman–Crippen LogP) is 3.56. The van der Waals surface area contributed by atoms with Gasteiger partial charge in [0.25, 0.3) is 5.91 Å². The largest absolute Gasteiger partial charge is 0.478 e. The molecule has 0 radical (unpaired) electrons. The molecule has 0 aliphatic heterocycles. The fourth-order valence-corrected chi connectivity index (χ4v) is 2.99. The Morgan fingerprint density at radius 3 is 2.37 bits per heavy atom. The second-order valence-corrected chi connectivity index (χ2v) is 6.05. The lowest BCUT2D eigenvalue weighted by Crippen LogP contribution is -2.18. The molecule has 1 amide bonds. The number of hydrogen-bond acceptors (Lipinski definition) is 3. The summed E-state index contributed by atoms with van der Waals surface area (Å²) in [5, 5.41) is 13.1. The molecule has 0 aliphatic carbocycles. The van der Waals surface area contributed by atoms with Crippen molar-refractivity contribution >= 4 is 18.1 Å². The van der Waals surface area contributed by atoms with Crippen LogP contribution < -0.4 is 5.43 Å². The summed E-state index contributed by atoms with van der Waals surface area (Å²) in [4.78, 5) is 23.7. The molecule has 3 aromatic rings. The summed E-state index contributed by atoms with van der Waals surface area (Å²) in [6, 6.07) is 18.0. The van der Waals surface area contributed by atoms with E-state index in [1.54, 1.807) is 24.3 Å². The zero-order valence-corrected chi connectivity index (χ0v) is 15.0. The molecule has 0 spiro atoms. The van der Waals surface area contributed by atoms with E-state index in [9.17, 15) is 14.7 Å². The van der Waals surface area contributed by atoms with Crippen LogP contribution in [0.25, 0.3) is 5.69 Å². The average molecular weight is 361 g/mol. The van der Waals surface area contributed by atoms with Crippen molar-refractivity contribution in [2.45, 2.75) is 13.8 Å². The molecular formula is C21H19N3O3. The van der Waals surface area contributed by atoms with Crippen LogP contribution in [0.5, 0.6) is 0 Å². The third-order valence-corrected chi connectivity index (χ3v) is 4.25. The van der Waals surface area contributed by atoms with E-state index in [0.29, 0.717) is 11.1 Å². The van der Waals surface area contributed by atoms with Crippen LogP contribution in [-0.2, 0) is 0 Å². The Morgan fingerprint density at radius 2 is 1.67 bits per heavy atom. The van der Waals surface area contributed by atoms with Gasteiger partial charge in [-0.3, -0.25) is 4.79 Å². The maximum Gasteiger partial charge on any atom is 0.336 e. The number of carboxylic acids is 1. The van der Waals surface area contributed by atoms with Gasteiger partial charge < -0.3 is 9.67 Å². The van der Waals surface area contributed by atoms with Crippen LogP contribution >= 0.6 is 0 Å². The Hall–Kier alpha value is -3.67. The topological polar surface area (TPSA) is 83.7 Å². The first-order chi connectivity index (χ1) is 13.0. The number of rotatable bonds is 5. The highest BCUT2D eigenvalue weighted by atomic mass is 16.4. The fraction of sp³-hybridized carbons (Fsp3) is 0.0952. The molecule has 2 aromatic carbocycles. The summed E-state index contributed by atoms with van der Waals surface area (Å²) in [6.07, 6.45) is 1.33. The van der Waals surface area contributed by atoms with Gasteiger partial charge in [-0.2, -0.15) is 5.10 Å². The number of hydrazone groups is 1. The summed E-state index contributed by atoms with van der Waals surface area (Å²) in [6.45, 7) is 3.81. The molecule has 0 fully saturated rings. The predicted molar refractivity (Wildman–Crippen MR) is 104 cm³/mol. The van der Waals surface area contributed by atoms with Crippen LogP contribution in [0, 0.1) is 13.8 Å². The van der Waals surface area contributed by atoms with Crippen molar-refractivity contribution in [3.05, 3.63) is 88.7 Å². The van der Waals surface area contributed by atoms with E-state index >= 15 is 0 Å². The highest BCUT2D eigenvalue weighted by molar-refractivity contribution is 5.99. The minimum atomic E-state index is -1.05. The monoisotopic (exact) mass is 361 g/mol. The van der Waals surface area contributed by atoms with Gasteiger partial charge in [-0.1, -0.05) is 36.4 Å². The van der Waals surface area contributed by atoms with Crippen molar-refractivity contribution in [3.63, 3.8) is 0 Å². The molecule has 0 saturated heterocycles. The molecule has 6 heteroatoms. The number of aromatic carboxylic acids is 1. The number of para-hydroxylation sites is 1. The zero-order chi connectivity index (χ0) is 19.4. The summed E-state index contributed by atoms with van der Waals surface area (Å²) in [5.41, 5.74) is 6.24. The van der Waals surface area contributed by atoms with Gasteiger partial charge in [0.1, 0.15) is 0 Å². The van der Waals surface area contributed by atoms with Gasteiger partial charge in [-0.25, -0.2) is 10.2 Å². The van der Waals surface area contributed by atoms with E-state index < -0.39 is 5.97 Å². The third-order valence-electron chi connectivity index (χ3n) is 4.25. The van der Waals surface area contributed by atoms with E-state index in [4.69, 9.17) is 0 Å². The van der Waals surface area contributed by atoms with E-state index in [0.717, 1.165) is 17.1 Å². The van der Waals surface area contributed by atoms with Gasteiger partial charge in [0.05, 0.1) is 17.3 Å². The Kier molecular flexibility index (Phi) is 5.17. The van der Waals surface area contributed by atoms with Gasteiger partial charge in [0.15, 0.2) is 0 Å². The second-order valence-electron chi connectivity index (χ2n) is 6.05. The number of nitrogens with zero attached hydrogens (tertiary/aromatic N) is 2. The van der Waals surface area contributed by atoms with Crippen molar-refractivity contribution in [3.8, 4) is 5.69 Å². The maximum atomic E-state index is 12.5. The third kappa shape index (κ3) is 3.79. The zero-order valence-electron chi connectivity index (χ0n) is 15.0. The Bertz CT molecular complexity index is 1020. The van der Waals surface area contributed by atoms with Gasteiger partial charge in [0, 0.05) is 22.6 Å². The Labute approximate surface area is 156 Å². The lowest BCUT2D eigenvalue weighted by Gasteiger charge is -2.09. The molecular weight excluding hydrogens is 342 g/mol. The SMILES string of the molecule is Cc1cc(C(=O)N/N=C\c2ccccc2C(=O)O)c(C)n1-c1ccccc1. The van der Waals surface area contributed by atoms with Crippen LogP contribution in [0.4, 0.5) is 0 Å². The van der Waals surface area contributed by atoms with Crippen LogP contribution in [0.15, 0.2) is 65.8 Å². The van der Waals surface area contributed by atoms with Crippen LogP contribution in [0.2, 0.25) is 0 Å². The fourth-order valence-electron chi connectivity index (χ4n) is 2.99. The van der Waals surface area contributed by atoms with E-state index in [2.05, 4.69) is 10.5 Å². The molecule has 0 bridgehead atoms. The molecule has 0 aliphatic rings. The molecule has 136 valence electrons. The molecule has 2 N–H and O–H groups in total. The number of amides is 1. The number of carbonyl (C=O) groups is 2. The quantitative estimate of drug-likeness (QED) is 0.538. The highest BCUT2D eigenvalue weighted by Gasteiger charge is 2.16. The lowest BCUT2D eigenvalue weighted by atomic mass is 10.1. The molecule has 6 nitrogen and oxygen atoms in total. The number of nitrogens with one attached hydrogen (secondary N) is 1. The van der Waals surface area contributed by atoms with Crippen molar-refractivity contribution in [1.29, 1.82) is 0 Å². The standard InChI is InChI=1S/C21H19N3O3/c1-14-12-19(15(2)24(14)17-9-4-3-5-10-17)20(25)23-22-13-16-8-6-7-11-18(16)21(26)27/h3-13H,1-2H3,(H,23,25)(H,26,27)/b22-13-. The summed E-state index contributed by atoms with van der Waals surface area (Å²) in [5.74, 6) is -1.40. The molecule has 1 heterocycles. The number of carbonyl (C=O) groups excluding carboxylic acids is 1. The molecule has 0 unspecified atom stereocenters. The van der Waals surface area contributed by atoms with Crippen molar-refractivity contribution in [1.82, 2.24) is 9.99 Å². The van der Waals surface area contributed by atoms with E-state index in [1.165, 1.54) is 12.3 Å². The number of benzene rings is 2. The molecule has 3 rings (SSSR count). The first-order valence-corrected chi connectivity index (χ1v) is 8.39. The highest BCUT2D eigenvalue weighted by Crippen LogP contribution is 2.20. The van der Waals surface area contributed by atoms with E-state index in [1.807, 2.05) is 48.7 Å². The summed E-state index contributed by atoms with van der Waals surface area (Å²) < 4.78 is 2.00. The van der Waals surface area contributed by atoms with Crippen LogP contribution in [0.1, 0.15) is 37.7 Å². The summed E-state index contributed by atoms with van der Waals surface area (Å²) in [7, 11) is 0. The number of carboxylic acid groups (broad SMARTS) is 1. The molecule has 0 atom stereocenters. The minimum Gasteiger partial charge on any atom is -0.478 e. The average Bonchev–Trinajstić information content (AvgIpc) is 2.97. The van der Waals surface area contributed by atoms with Crippen molar-refractivity contribution in [2.24, 2.45) is 5.10 Å². The van der Waals surface area contributed by atoms with Crippen molar-refractivity contribution in [2.75, 3.05) is 0 Å². The minimum absolute atomic E-state index is 0.123. The lowest BCUT2D eigenvalue weighted by molar-refractivity contribution is 0.0696. The molecule has 0 saturated carbocycles. The van der Waals surface area contributed by atoms with Gasteiger partial charge in [-0.05, 0) is 38.1 Å². The smallest absolute Gasteiger partial charge is 0.336 e. The molecule has 27 heavy (non-hydrogen) atoms. The second kappa shape index (κ2) is 7.70. The van der Waals surface area contributed by atoms with Gasteiger partial charge >= 0.3 is 5.97 Å².